The van der Waals surface area contributed by atoms with E-state index in [4.69, 9.17) is 14.8 Å². The molecule has 2 N–H and O–H groups in total. The second-order valence-electron chi connectivity index (χ2n) is 11.9. The highest BCUT2D eigenvalue weighted by molar-refractivity contribution is 6.46. The van der Waals surface area contributed by atoms with Crippen molar-refractivity contribution in [2.24, 2.45) is 16.8 Å². The smallest absolute Gasteiger partial charge is 0.305 e. The van der Waals surface area contributed by atoms with E-state index in [2.05, 4.69) is 26.1 Å². The number of carboxylic acid groups (broad SMARTS) is 1. The monoisotopic (exact) mass is 581 g/mol. The van der Waals surface area contributed by atoms with Crippen LogP contribution in [0.5, 0.6) is 11.5 Å². The number of para-hydroxylation sites is 1. The minimum Gasteiger partial charge on any atom is -0.481 e. The van der Waals surface area contributed by atoms with Gasteiger partial charge in [0.1, 0.15) is 22.9 Å². The van der Waals surface area contributed by atoms with Crippen molar-refractivity contribution < 1.29 is 24.2 Å². The van der Waals surface area contributed by atoms with Crippen molar-refractivity contribution in [3.63, 3.8) is 0 Å². The van der Waals surface area contributed by atoms with Crippen LogP contribution in [0.1, 0.15) is 80.4 Å². The Bertz CT molecular complexity index is 1490. The molecule has 1 saturated carbocycles. The third-order valence-electron chi connectivity index (χ3n) is 8.31. The van der Waals surface area contributed by atoms with Crippen molar-refractivity contribution in [2.45, 2.75) is 64.6 Å². The summed E-state index contributed by atoms with van der Waals surface area (Å²) >= 11 is 0. The Kier molecular flexibility index (Phi) is 8.94. The number of nitrogens with one attached hydrogen (secondary N) is 1. The van der Waals surface area contributed by atoms with Gasteiger partial charge in [0.25, 0.3) is 11.8 Å². The zero-order valence-corrected chi connectivity index (χ0v) is 25.0. The molecule has 8 heteroatoms. The zero-order chi connectivity index (χ0) is 30.6. The number of carboxylic acids is 1. The maximum atomic E-state index is 14.4. The number of carbonyl (C=O) groups is 3. The third kappa shape index (κ3) is 6.63. The number of aliphatic imine (C=N–C) groups is 1. The Balaban J connectivity index is 1.46. The number of carbonyl (C=O) groups excluding carboxylic acids is 2. The lowest BCUT2D eigenvalue weighted by molar-refractivity contribution is -0.137. The summed E-state index contributed by atoms with van der Waals surface area (Å²) in [6.07, 6.45) is 3.21. The fourth-order valence-corrected chi connectivity index (χ4v) is 6.71. The molecule has 2 aliphatic rings. The first-order valence-electron chi connectivity index (χ1n) is 15.1. The number of aliphatic carboxylic acids is 1. The van der Waals surface area contributed by atoms with E-state index in [9.17, 15) is 14.4 Å². The average molecular weight is 582 g/mol. The van der Waals surface area contributed by atoms with Gasteiger partial charge in [-0.15, -0.1) is 0 Å². The van der Waals surface area contributed by atoms with Crippen LogP contribution in [-0.2, 0) is 9.59 Å². The minimum atomic E-state index is -0.964. The normalized spacial score (nSPS) is 22.3. The lowest BCUT2D eigenvalue weighted by Gasteiger charge is -2.47. The summed E-state index contributed by atoms with van der Waals surface area (Å²) in [5, 5.41) is 11.5. The standard InChI is InChI=1S/C35H39N3O5/c1-4-30(25-13-15-26(16-14-25)33(41)36-18-17-31(39)40)38-34(42)32(37-35(38)21-23(2)19-24(3)22-35)27-9-8-12-29(20-27)43-28-10-6-5-7-11-28/h5-16,20,23-24,30H,4,17-19,21-22H2,1-3H3,(H,36,41)(H,39,40). The summed E-state index contributed by atoms with van der Waals surface area (Å²) in [4.78, 5) is 45.0. The molecule has 3 aromatic rings. The Morgan fingerprint density at radius 3 is 2.33 bits per heavy atom. The molecule has 1 aliphatic carbocycles. The van der Waals surface area contributed by atoms with E-state index < -0.39 is 11.6 Å². The predicted molar refractivity (Wildman–Crippen MR) is 165 cm³/mol. The molecule has 224 valence electrons. The first kappa shape index (κ1) is 30.0. The third-order valence-corrected chi connectivity index (χ3v) is 8.31. The van der Waals surface area contributed by atoms with Crippen LogP contribution in [0.25, 0.3) is 0 Å². The van der Waals surface area contributed by atoms with E-state index >= 15 is 0 Å². The molecule has 3 atom stereocenters. The van der Waals surface area contributed by atoms with Gasteiger partial charge in [-0.1, -0.05) is 63.2 Å². The lowest BCUT2D eigenvalue weighted by Crippen LogP contribution is -2.52. The molecule has 0 radical (unpaired) electrons. The Morgan fingerprint density at radius 1 is 1.00 bits per heavy atom. The molecule has 0 aromatic heterocycles. The minimum absolute atomic E-state index is 0.0619. The van der Waals surface area contributed by atoms with Gasteiger partial charge in [0.15, 0.2) is 0 Å². The van der Waals surface area contributed by atoms with E-state index in [1.54, 1.807) is 12.1 Å². The molecular formula is C35H39N3O5. The molecule has 1 spiro atoms. The van der Waals surface area contributed by atoms with Crippen LogP contribution in [0.15, 0.2) is 83.9 Å². The van der Waals surface area contributed by atoms with Gasteiger partial charge in [0, 0.05) is 17.7 Å². The maximum Gasteiger partial charge on any atom is 0.305 e. The highest BCUT2D eigenvalue weighted by Crippen LogP contribution is 2.48. The highest BCUT2D eigenvalue weighted by atomic mass is 16.5. The van der Waals surface area contributed by atoms with Crippen LogP contribution < -0.4 is 10.1 Å². The molecule has 43 heavy (non-hydrogen) atoms. The average Bonchev–Trinajstić information content (AvgIpc) is 3.24. The first-order chi connectivity index (χ1) is 20.7. The van der Waals surface area contributed by atoms with Gasteiger partial charge < -0.3 is 20.1 Å². The zero-order valence-electron chi connectivity index (χ0n) is 25.0. The van der Waals surface area contributed by atoms with Gasteiger partial charge in [-0.3, -0.25) is 19.4 Å². The van der Waals surface area contributed by atoms with Crippen molar-refractivity contribution >= 4 is 23.5 Å². The van der Waals surface area contributed by atoms with Gasteiger partial charge in [0.2, 0.25) is 0 Å². The number of benzene rings is 3. The van der Waals surface area contributed by atoms with Crippen LogP contribution in [-0.4, -0.2) is 45.7 Å². The van der Waals surface area contributed by atoms with Gasteiger partial charge in [0.05, 0.1) is 12.5 Å². The molecule has 2 amide bonds. The van der Waals surface area contributed by atoms with Crippen molar-refractivity contribution in [3.8, 4) is 11.5 Å². The maximum absolute atomic E-state index is 14.4. The second kappa shape index (κ2) is 12.8. The Morgan fingerprint density at radius 2 is 1.67 bits per heavy atom. The van der Waals surface area contributed by atoms with Crippen molar-refractivity contribution in [1.82, 2.24) is 10.2 Å². The molecule has 1 fully saturated rings. The fraction of sp³-hybridized carbons (Fsp3) is 0.371. The van der Waals surface area contributed by atoms with E-state index in [-0.39, 0.29) is 30.8 Å². The molecule has 8 nitrogen and oxygen atoms in total. The number of hydrogen-bond donors (Lipinski definition) is 2. The summed E-state index contributed by atoms with van der Waals surface area (Å²) in [5.41, 5.74) is 1.90. The first-order valence-corrected chi connectivity index (χ1v) is 15.1. The largest absolute Gasteiger partial charge is 0.481 e. The van der Waals surface area contributed by atoms with Gasteiger partial charge in [-0.25, -0.2) is 0 Å². The van der Waals surface area contributed by atoms with Crippen LogP contribution in [0.4, 0.5) is 0 Å². The Hall–Kier alpha value is -4.46. The van der Waals surface area contributed by atoms with Gasteiger partial charge >= 0.3 is 5.97 Å². The van der Waals surface area contributed by atoms with Crippen LogP contribution in [0.2, 0.25) is 0 Å². The van der Waals surface area contributed by atoms with Gasteiger partial charge in [-0.2, -0.15) is 0 Å². The van der Waals surface area contributed by atoms with Gasteiger partial charge in [-0.05, 0) is 79.5 Å². The number of ether oxygens (including phenoxy) is 1. The molecular weight excluding hydrogens is 542 g/mol. The molecule has 0 saturated heterocycles. The van der Waals surface area contributed by atoms with E-state index in [1.165, 1.54) is 0 Å². The molecule has 1 heterocycles. The second-order valence-corrected chi connectivity index (χ2v) is 11.9. The summed E-state index contributed by atoms with van der Waals surface area (Å²) in [7, 11) is 0. The number of amides is 2. The summed E-state index contributed by atoms with van der Waals surface area (Å²) in [6, 6.07) is 24.1. The fourth-order valence-electron chi connectivity index (χ4n) is 6.71. The molecule has 1 aliphatic heterocycles. The lowest BCUT2D eigenvalue weighted by atomic mass is 9.75. The summed E-state index contributed by atoms with van der Waals surface area (Å²) in [5.74, 6) is 0.787. The number of rotatable bonds is 10. The topological polar surface area (TPSA) is 108 Å². The van der Waals surface area contributed by atoms with Crippen molar-refractivity contribution in [2.75, 3.05) is 6.54 Å². The van der Waals surface area contributed by atoms with Crippen LogP contribution >= 0.6 is 0 Å². The van der Waals surface area contributed by atoms with Crippen molar-refractivity contribution in [1.29, 1.82) is 0 Å². The summed E-state index contributed by atoms with van der Waals surface area (Å²) < 4.78 is 6.07. The highest BCUT2D eigenvalue weighted by Gasteiger charge is 2.53. The van der Waals surface area contributed by atoms with E-state index in [0.29, 0.717) is 35.3 Å². The van der Waals surface area contributed by atoms with Crippen LogP contribution in [0.3, 0.4) is 0 Å². The Labute approximate surface area is 252 Å². The van der Waals surface area contributed by atoms with E-state index in [1.807, 2.05) is 71.6 Å². The van der Waals surface area contributed by atoms with E-state index in [0.717, 1.165) is 36.1 Å². The quantitative estimate of drug-likeness (QED) is 0.280. The van der Waals surface area contributed by atoms with Crippen LogP contribution in [0, 0.1) is 11.8 Å². The molecule has 3 unspecified atom stereocenters. The summed E-state index contributed by atoms with van der Waals surface area (Å²) in [6.45, 7) is 6.60. The number of nitrogens with zero attached hydrogens (tertiary/aromatic N) is 2. The molecule has 0 bridgehead atoms. The van der Waals surface area contributed by atoms with Crippen molar-refractivity contribution in [3.05, 3.63) is 95.6 Å². The predicted octanol–water partition coefficient (Wildman–Crippen LogP) is 6.62. The molecule has 5 rings (SSSR count). The number of hydrogen-bond acceptors (Lipinski definition) is 5. The molecule has 3 aromatic carbocycles. The SMILES string of the molecule is CCC(c1ccc(C(=O)NCCC(=O)O)cc1)N1C(=O)C(c2cccc(Oc3ccccc3)c2)=NC12CC(C)CC(C)C2.